The summed E-state index contributed by atoms with van der Waals surface area (Å²) in [6.45, 7) is 3.09. The van der Waals surface area contributed by atoms with Gasteiger partial charge in [0.05, 0.1) is 28.3 Å². The number of hydrogen-bond donors (Lipinski definition) is 3. The molecule has 4 aliphatic rings. The molecule has 1 aromatic heterocycles. The zero-order valence-corrected chi connectivity index (χ0v) is 26.1. The predicted molar refractivity (Wildman–Crippen MR) is 165 cm³/mol. The minimum atomic E-state index is -3.43. The van der Waals surface area contributed by atoms with Gasteiger partial charge in [-0.25, -0.2) is 18.4 Å². The van der Waals surface area contributed by atoms with Gasteiger partial charge in [0.2, 0.25) is 15.9 Å². The number of aromatic nitrogens is 2. The Morgan fingerprint density at radius 2 is 1.73 bits per heavy atom. The smallest absolute Gasteiger partial charge is 0.254 e. The van der Waals surface area contributed by atoms with Gasteiger partial charge in [-0.3, -0.25) is 14.4 Å². The fourth-order valence-electron chi connectivity index (χ4n) is 7.17. The van der Waals surface area contributed by atoms with E-state index in [1.165, 1.54) is 18.7 Å². The molecule has 0 radical (unpaired) electrons. The topological polar surface area (TPSA) is 154 Å². The van der Waals surface area contributed by atoms with Crippen LogP contribution in [0.5, 0.6) is 0 Å². The largest absolute Gasteiger partial charge is 0.352 e. The number of anilines is 1. The van der Waals surface area contributed by atoms with Gasteiger partial charge >= 0.3 is 0 Å². The third-order valence-electron chi connectivity index (χ3n) is 9.30. The molecule has 3 atom stereocenters. The van der Waals surface area contributed by atoms with Gasteiger partial charge in [0.25, 0.3) is 11.8 Å². The number of amides is 3. The van der Waals surface area contributed by atoms with E-state index in [1.54, 1.807) is 16.4 Å². The minimum Gasteiger partial charge on any atom is -0.352 e. The molecule has 236 valence electrons. The van der Waals surface area contributed by atoms with Crippen molar-refractivity contribution in [3.05, 3.63) is 52.6 Å². The van der Waals surface area contributed by atoms with Gasteiger partial charge in [-0.1, -0.05) is 11.6 Å². The number of carbonyl (C=O) groups excluding carboxylic acids is 3. The molecule has 14 heteroatoms. The number of hydrogen-bond acceptors (Lipinski definition) is 8. The van der Waals surface area contributed by atoms with E-state index in [0.717, 1.165) is 57.3 Å². The highest BCUT2D eigenvalue weighted by Crippen LogP contribution is 2.39. The van der Waals surface area contributed by atoms with Gasteiger partial charge < -0.3 is 20.9 Å². The van der Waals surface area contributed by atoms with Crippen LogP contribution in [0.25, 0.3) is 0 Å². The fraction of sp³-hybridized carbons (Fsp3) is 0.567. The highest BCUT2D eigenvalue weighted by atomic mass is 35.5. The highest BCUT2D eigenvalue weighted by molar-refractivity contribution is 7.89. The van der Waals surface area contributed by atoms with Crippen LogP contribution >= 0.6 is 11.6 Å². The first-order chi connectivity index (χ1) is 21.2. The van der Waals surface area contributed by atoms with E-state index in [0.29, 0.717) is 36.2 Å². The average Bonchev–Trinajstić information content (AvgIpc) is 3.51. The van der Waals surface area contributed by atoms with Crippen LogP contribution in [0.1, 0.15) is 71.2 Å². The van der Waals surface area contributed by atoms with Crippen molar-refractivity contribution in [2.24, 2.45) is 5.92 Å². The molecular formula is C30H38ClN7O5S. The third kappa shape index (κ3) is 6.90. The summed E-state index contributed by atoms with van der Waals surface area (Å²) in [6.07, 6.45) is 9.82. The second-order valence-corrected chi connectivity index (χ2v) is 14.7. The number of rotatable bonds is 10. The lowest BCUT2D eigenvalue weighted by atomic mass is 9.99. The fourth-order valence-corrected chi connectivity index (χ4v) is 9.82. The number of likely N-dealkylation sites (tertiary alicyclic amines) is 1. The molecule has 1 aromatic carbocycles. The maximum atomic E-state index is 13.6. The summed E-state index contributed by atoms with van der Waals surface area (Å²) in [5.74, 6) is -0.318. The summed E-state index contributed by atoms with van der Waals surface area (Å²) >= 11 is 6.36. The summed E-state index contributed by atoms with van der Waals surface area (Å²) in [7, 11) is -3.43. The van der Waals surface area contributed by atoms with Gasteiger partial charge in [-0.15, -0.1) is 0 Å². The number of sulfonamides is 1. The molecular weight excluding hydrogens is 606 g/mol. The molecule has 3 N–H and O–H groups in total. The van der Waals surface area contributed by atoms with Crippen LogP contribution in [-0.2, 0) is 21.2 Å². The Bertz CT molecular complexity index is 1500. The molecule has 4 aliphatic heterocycles. The Hall–Kier alpha value is -3.13. The second-order valence-electron chi connectivity index (χ2n) is 12.4. The highest BCUT2D eigenvalue weighted by Gasteiger charge is 2.47. The number of nitrogens with zero attached hydrogens (tertiary/aromatic N) is 4. The third-order valence-corrected chi connectivity index (χ3v) is 11.7. The minimum absolute atomic E-state index is 0.112. The summed E-state index contributed by atoms with van der Waals surface area (Å²) < 4.78 is 29.0. The molecule has 5 heterocycles. The van der Waals surface area contributed by atoms with Gasteiger partial charge in [0, 0.05) is 42.8 Å². The summed E-state index contributed by atoms with van der Waals surface area (Å²) in [6, 6.07) is 2.93. The van der Waals surface area contributed by atoms with Crippen molar-refractivity contribution in [1.82, 2.24) is 29.8 Å². The maximum absolute atomic E-state index is 13.6. The monoisotopic (exact) mass is 643 g/mol. The predicted octanol–water partition coefficient (Wildman–Crippen LogP) is 2.21. The Balaban J connectivity index is 0.949. The van der Waals surface area contributed by atoms with Crippen molar-refractivity contribution in [1.29, 1.82) is 0 Å². The molecule has 12 nitrogen and oxygen atoms in total. The van der Waals surface area contributed by atoms with Gasteiger partial charge in [-0.05, 0) is 88.2 Å². The number of halogens is 1. The normalized spacial score (nSPS) is 24.1. The van der Waals surface area contributed by atoms with Crippen molar-refractivity contribution < 1.29 is 22.8 Å². The molecule has 3 saturated heterocycles. The zero-order chi connectivity index (χ0) is 30.8. The molecule has 44 heavy (non-hydrogen) atoms. The molecule has 6 rings (SSSR count). The number of piperidine rings is 2. The lowest BCUT2D eigenvalue weighted by Gasteiger charge is -2.39. The molecule has 0 aliphatic carbocycles. The number of carbonyl (C=O) groups is 3. The van der Waals surface area contributed by atoms with Crippen molar-refractivity contribution in [3.63, 3.8) is 0 Å². The molecule has 2 bridgehead atoms. The lowest BCUT2D eigenvalue weighted by molar-refractivity contribution is -0.115. The number of benzene rings is 1. The van der Waals surface area contributed by atoms with Gasteiger partial charge in [0.1, 0.15) is 6.33 Å². The average molecular weight is 644 g/mol. The number of fused-ring (bicyclic) bond motifs is 3. The first-order valence-corrected chi connectivity index (χ1v) is 17.3. The Morgan fingerprint density at radius 3 is 2.43 bits per heavy atom. The summed E-state index contributed by atoms with van der Waals surface area (Å²) in [4.78, 5) is 47.0. The zero-order valence-electron chi connectivity index (χ0n) is 24.5. The first kappa shape index (κ1) is 30.9. The van der Waals surface area contributed by atoms with E-state index >= 15 is 0 Å². The van der Waals surface area contributed by atoms with Crippen LogP contribution < -0.4 is 16.0 Å². The SMILES string of the molecule is O=C1Cc2cc(C(=O)NC3C[C@H]4CC[C@@H](C3)N4S(=O)(=O)CC3CCN(CCCNC(=O)c4cncnc4)CC3)c(Cl)cc2N1. The summed E-state index contributed by atoms with van der Waals surface area (Å²) in [5.41, 5.74) is 2.16. The van der Waals surface area contributed by atoms with Crippen molar-refractivity contribution in [2.45, 2.75) is 69.5 Å². The lowest BCUT2D eigenvalue weighted by Crippen LogP contribution is -2.53. The van der Waals surface area contributed by atoms with Crippen LogP contribution in [0.3, 0.4) is 0 Å². The Kier molecular flexibility index (Phi) is 9.18. The van der Waals surface area contributed by atoms with Crippen LogP contribution in [0, 0.1) is 5.92 Å². The van der Waals surface area contributed by atoms with Gasteiger partial charge in [-0.2, -0.15) is 4.31 Å². The van der Waals surface area contributed by atoms with E-state index in [4.69, 9.17) is 11.6 Å². The molecule has 3 amide bonds. The van der Waals surface area contributed by atoms with Crippen LogP contribution in [-0.4, -0.2) is 95.4 Å². The van der Waals surface area contributed by atoms with Crippen molar-refractivity contribution in [3.8, 4) is 0 Å². The molecule has 1 unspecified atom stereocenters. The van der Waals surface area contributed by atoms with Gasteiger partial charge in [0.15, 0.2) is 0 Å². The van der Waals surface area contributed by atoms with Crippen LogP contribution in [0.2, 0.25) is 5.02 Å². The van der Waals surface area contributed by atoms with Crippen LogP contribution in [0.15, 0.2) is 30.9 Å². The maximum Gasteiger partial charge on any atom is 0.254 e. The first-order valence-electron chi connectivity index (χ1n) is 15.4. The van der Waals surface area contributed by atoms with E-state index in [9.17, 15) is 22.8 Å². The van der Waals surface area contributed by atoms with Crippen LogP contribution in [0.4, 0.5) is 5.69 Å². The molecule has 3 fully saturated rings. The van der Waals surface area contributed by atoms with Crippen molar-refractivity contribution in [2.75, 3.05) is 37.2 Å². The van der Waals surface area contributed by atoms with E-state index in [1.807, 2.05) is 0 Å². The molecule has 0 saturated carbocycles. The van der Waals surface area contributed by atoms with Crippen molar-refractivity contribution >= 4 is 45.0 Å². The summed E-state index contributed by atoms with van der Waals surface area (Å²) in [5, 5.41) is 9.00. The number of nitrogens with one attached hydrogen (secondary N) is 3. The second kappa shape index (κ2) is 13.1. The standard InChI is InChI=1S/C30H38ClN7O5S/c31-26-14-27-20(11-28(39)36-27)10-25(26)30(41)35-22-12-23-2-3-24(13-22)38(23)44(42,43)17-19-4-8-37(9-5-19)7-1-6-34-29(40)21-15-32-18-33-16-21/h10,14-16,18-19,22-24H,1-9,11-13,17H2,(H,34,40)(H,35,41)(H,36,39)/t22?,23-,24+. The van der Waals surface area contributed by atoms with E-state index < -0.39 is 10.0 Å². The molecule has 0 spiro atoms. The Labute approximate surface area is 262 Å². The quantitative estimate of drug-likeness (QED) is 0.333. The Morgan fingerprint density at radius 1 is 1.02 bits per heavy atom. The molecule has 2 aromatic rings. The van der Waals surface area contributed by atoms with E-state index in [-0.39, 0.29) is 59.0 Å². The van der Waals surface area contributed by atoms with E-state index in [2.05, 4.69) is 30.8 Å².